The van der Waals surface area contributed by atoms with E-state index in [4.69, 9.17) is 0 Å². The van der Waals surface area contributed by atoms with Gasteiger partial charge in [-0.15, -0.1) is 11.3 Å². The lowest BCUT2D eigenvalue weighted by Gasteiger charge is -2.10. The molecule has 2 heterocycles. The Labute approximate surface area is 152 Å². The lowest BCUT2D eigenvalue weighted by Crippen LogP contribution is -2.28. The van der Waals surface area contributed by atoms with Crippen molar-refractivity contribution in [3.63, 3.8) is 0 Å². The molecule has 2 aromatic heterocycles. The van der Waals surface area contributed by atoms with Gasteiger partial charge in [-0.25, -0.2) is 9.78 Å². The van der Waals surface area contributed by atoms with Gasteiger partial charge in [-0.3, -0.25) is 14.2 Å². The van der Waals surface area contributed by atoms with Gasteiger partial charge in [-0.1, -0.05) is 18.2 Å². The summed E-state index contributed by atoms with van der Waals surface area (Å²) in [4.78, 5) is 41.3. The van der Waals surface area contributed by atoms with Gasteiger partial charge in [0.15, 0.2) is 0 Å². The second-order valence-electron chi connectivity index (χ2n) is 5.30. The second kappa shape index (κ2) is 7.75. The van der Waals surface area contributed by atoms with Crippen molar-refractivity contribution in [2.45, 2.75) is 6.54 Å². The van der Waals surface area contributed by atoms with E-state index in [1.54, 1.807) is 24.3 Å². The van der Waals surface area contributed by atoms with Gasteiger partial charge in [0, 0.05) is 6.07 Å². The molecule has 3 rings (SSSR count). The molecular weight excluding hydrogens is 354 g/mol. The van der Waals surface area contributed by atoms with Crippen molar-refractivity contribution in [1.82, 2.24) is 9.55 Å². The van der Waals surface area contributed by atoms with Gasteiger partial charge in [0.25, 0.3) is 5.56 Å². The number of hydrogen-bond donors (Lipinski definition) is 1. The van der Waals surface area contributed by atoms with E-state index in [9.17, 15) is 14.4 Å². The number of amides is 1. The van der Waals surface area contributed by atoms with Crippen LogP contribution in [0.3, 0.4) is 0 Å². The first-order valence-electron chi connectivity index (χ1n) is 7.66. The SMILES string of the molecule is COC(=O)c1ccccc1NC(=O)Cn1cnc(-c2cccs2)cc1=O. The van der Waals surface area contributed by atoms with Gasteiger partial charge in [-0.05, 0) is 23.6 Å². The number of rotatable bonds is 5. The number of methoxy groups -OCH3 is 1. The number of carbonyl (C=O) groups excluding carboxylic acids is 2. The maximum Gasteiger partial charge on any atom is 0.339 e. The van der Waals surface area contributed by atoms with Crippen molar-refractivity contribution in [2.75, 3.05) is 12.4 Å². The van der Waals surface area contributed by atoms with Crippen LogP contribution in [-0.2, 0) is 16.1 Å². The van der Waals surface area contributed by atoms with E-state index >= 15 is 0 Å². The normalized spacial score (nSPS) is 10.3. The van der Waals surface area contributed by atoms with Crippen LogP contribution in [0.5, 0.6) is 0 Å². The highest BCUT2D eigenvalue weighted by Gasteiger charge is 2.14. The Hall–Kier alpha value is -3.26. The zero-order valence-corrected chi connectivity index (χ0v) is 14.7. The van der Waals surface area contributed by atoms with Crippen molar-refractivity contribution >= 4 is 28.9 Å². The van der Waals surface area contributed by atoms with Crippen LogP contribution in [0.2, 0.25) is 0 Å². The fourth-order valence-corrected chi connectivity index (χ4v) is 3.02. The standard InChI is InChI=1S/C18H15N3O4S/c1-25-18(24)12-5-2-3-6-13(12)20-16(22)10-21-11-19-14(9-17(21)23)15-7-4-8-26-15/h2-9,11H,10H2,1H3,(H,20,22). The lowest BCUT2D eigenvalue weighted by molar-refractivity contribution is -0.116. The molecule has 1 aromatic carbocycles. The molecule has 1 amide bonds. The van der Waals surface area contributed by atoms with E-state index in [2.05, 4.69) is 15.0 Å². The summed E-state index contributed by atoms with van der Waals surface area (Å²) in [5.41, 5.74) is 0.792. The van der Waals surface area contributed by atoms with E-state index in [0.29, 0.717) is 11.4 Å². The molecule has 132 valence electrons. The molecule has 3 aromatic rings. The fraction of sp³-hybridized carbons (Fsp3) is 0.111. The molecule has 0 aliphatic carbocycles. The average Bonchev–Trinajstić information content (AvgIpc) is 3.18. The number of nitrogens with zero attached hydrogens (tertiary/aromatic N) is 2. The number of esters is 1. The number of aromatic nitrogens is 2. The largest absolute Gasteiger partial charge is 0.465 e. The van der Waals surface area contributed by atoms with Gasteiger partial charge in [0.05, 0.1) is 35.3 Å². The number of anilines is 1. The number of nitrogens with one attached hydrogen (secondary N) is 1. The first kappa shape index (κ1) is 17.6. The maximum absolute atomic E-state index is 12.3. The Morgan fingerprint density at radius 2 is 2.04 bits per heavy atom. The zero-order chi connectivity index (χ0) is 18.5. The molecule has 0 aliphatic heterocycles. The van der Waals surface area contributed by atoms with Crippen LogP contribution in [0.25, 0.3) is 10.6 Å². The molecule has 0 unspecified atom stereocenters. The van der Waals surface area contributed by atoms with Crippen LogP contribution in [0.15, 0.2) is 59.0 Å². The first-order valence-corrected chi connectivity index (χ1v) is 8.54. The van der Waals surface area contributed by atoms with Crippen molar-refractivity contribution in [3.05, 3.63) is 70.1 Å². The monoisotopic (exact) mass is 369 g/mol. The number of benzene rings is 1. The molecule has 26 heavy (non-hydrogen) atoms. The highest BCUT2D eigenvalue weighted by atomic mass is 32.1. The summed E-state index contributed by atoms with van der Waals surface area (Å²) in [6.07, 6.45) is 1.34. The van der Waals surface area contributed by atoms with Crippen LogP contribution >= 0.6 is 11.3 Å². The van der Waals surface area contributed by atoms with Crippen molar-refractivity contribution in [3.8, 4) is 10.6 Å². The number of thiophene rings is 1. The van der Waals surface area contributed by atoms with Crippen LogP contribution in [0, 0.1) is 0 Å². The number of hydrogen-bond acceptors (Lipinski definition) is 6. The van der Waals surface area contributed by atoms with E-state index in [1.807, 2.05) is 17.5 Å². The average molecular weight is 369 g/mol. The lowest BCUT2D eigenvalue weighted by atomic mass is 10.2. The highest BCUT2D eigenvalue weighted by molar-refractivity contribution is 7.13. The summed E-state index contributed by atoms with van der Waals surface area (Å²) in [5.74, 6) is -1.01. The Morgan fingerprint density at radius 1 is 1.23 bits per heavy atom. The van der Waals surface area contributed by atoms with E-state index < -0.39 is 11.9 Å². The molecule has 0 spiro atoms. The molecule has 7 nitrogen and oxygen atoms in total. The Morgan fingerprint density at radius 3 is 2.73 bits per heavy atom. The highest BCUT2D eigenvalue weighted by Crippen LogP contribution is 2.20. The van der Waals surface area contributed by atoms with Gasteiger partial charge in [-0.2, -0.15) is 0 Å². The minimum atomic E-state index is -0.556. The number of para-hydroxylation sites is 1. The van der Waals surface area contributed by atoms with E-state index in [1.165, 1.54) is 35.4 Å². The molecule has 0 aliphatic rings. The zero-order valence-electron chi connectivity index (χ0n) is 13.8. The van der Waals surface area contributed by atoms with Crippen molar-refractivity contribution in [1.29, 1.82) is 0 Å². The second-order valence-corrected chi connectivity index (χ2v) is 6.25. The third kappa shape index (κ3) is 3.86. The maximum atomic E-state index is 12.3. The van der Waals surface area contributed by atoms with Gasteiger partial charge in [0.1, 0.15) is 6.54 Å². The van der Waals surface area contributed by atoms with Gasteiger partial charge >= 0.3 is 5.97 Å². The van der Waals surface area contributed by atoms with Crippen LogP contribution in [0.1, 0.15) is 10.4 Å². The van der Waals surface area contributed by atoms with Gasteiger partial charge < -0.3 is 10.1 Å². The molecular formula is C18H15N3O4S. The molecule has 0 saturated heterocycles. The summed E-state index contributed by atoms with van der Waals surface area (Å²) in [5, 5.41) is 4.52. The predicted octanol–water partition coefficient (Wildman–Crippen LogP) is 2.40. The van der Waals surface area contributed by atoms with Crippen LogP contribution in [0.4, 0.5) is 5.69 Å². The Balaban J connectivity index is 1.75. The van der Waals surface area contributed by atoms with Crippen LogP contribution < -0.4 is 10.9 Å². The third-order valence-corrected chi connectivity index (χ3v) is 4.47. The molecule has 1 N–H and O–H groups in total. The molecule has 0 atom stereocenters. The minimum absolute atomic E-state index is 0.216. The number of carbonyl (C=O) groups is 2. The molecule has 0 fully saturated rings. The summed E-state index contributed by atoms with van der Waals surface area (Å²) in [6, 6.07) is 11.6. The smallest absolute Gasteiger partial charge is 0.339 e. The quantitative estimate of drug-likeness (QED) is 0.698. The minimum Gasteiger partial charge on any atom is -0.465 e. The summed E-state index contributed by atoms with van der Waals surface area (Å²) in [6.45, 7) is -0.216. The third-order valence-electron chi connectivity index (χ3n) is 3.57. The first-order chi connectivity index (χ1) is 12.6. The Kier molecular flexibility index (Phi) is 5.23. The Bertz CT molecular complexity index is 996. The topological polar surface area (TPSA) is 90.3 Å². The number of ether oxygens (including phenoxy) is 1. The van der Waals surface area contributed by atoms with Crippen molar-refractivity contribution < 1.29 is 14.3 Å². The van der Waals surface area contributed by atoms with E-state index in [0.717, 1.165) is 4.88 Å². The van der Waals surface area contributed by atoms with Crippen LogP contribution in [-0.4, -0.2) is 28.5 Å². The fourth-order valence-electron chi connectivity index (χ4n) is 2.33. The summed E-state index contributed by atoms with van der Waals surface area (Å²) >= 11 is 1.48. The molecule has 8 heteroatoms. The summed E-state index contributed by atoms with van der Waals surface area (Å²) in [7, 11) is 1.27. The molecule has 0 radical (unpaired) electrons. The van der Waals surface area contributed by atoms with Crippen molar-refractivity contribution in [2.24, 2.45) is 0 Å². The molecule has 0 bridgehead atoms. The van der Waals surface area contributed by atoms with Gasteiger partial charge in [0.2, 0.25) is 5.91 Å². The molecule has 0 saturated carbocycles. The summed E-state index contributed by atoms with van der Waals surface area (Å²) < 4.78 is 5.89. The predicted molar refractivity (Wildman–Crippen MR) is 98.2 cm³/mol. The van der Waals surface area contributed by atoms with E-state index in [-0.39, 0.29) is 17.7 Å².